The Morgan fingerprint density at radius 3 is 1.70 bits per heavy atom. The Morgan fingerprint density at radius 2 is 1.12 bits per heavy atom. The van der Waals surface area contributed by atoms with Gasteiger partial charge >= 0.3 is 48.0 Å². The molecule has 7 aromatic rings. The largest absolute Gasteiger partial charge is 0.737 e. The second-order valence-electron chi connectivity index (χ2n) is 32.4. The van der Waals surface area contributed by atoms with Crippen LogP contribution >= 0.6 is 21.6 Å². The predicted molar refractivity (Wildman–Crippen MR) is 497 cm³/mol. The van der Waals surface area contributed by atoms with Crippen molar-refractivity contribution in [2.24, 2.45) is 11.8 Å². The lowest BCUT2D eigenvalue weighted by Crippen LogP contribution is -2.51. The number of anilines is 2. The number of aromatic nitrogens is 1. The van der Waals surface area contributed by atoms with Crippen LogP contribution in [0, 0.1) is 25.7 Å². The van der Waals surface area contributed by atoms with E-state index in [1.165, 1.54) is 12.1 Å². The Kier molecular flexibility index (Phi) is 38.4. The molecule has 0 saturated heterocycles. The molecule has 0 saturated carbocycles. The second-order valence-corrected chi connectivity index (χ2v) is 38.2. The van der Waals surface area contributed by atoms with Gasteiger partial charge in [0.2, 0.25) is 27.7 Å². The average molecular weight is 1880 g/mol. The number of nitrogens with zero attached hydrogens (tertiary/aromatic N) is 4. The summed E-state index contributed by atoms with van der Waals surface area (Å²) in [5.74, 6) is -11.4. The lowest BCUT2D eigenvalue weighted by atomic mass is 9.88. The monoisotopic (exact) mass is 1870 g/mol. The highest BCUT2D eigenvalue weighted by Crippen LogP contribution is 2.43. The molecule has 2 aromatic heterocycles. The van der Waals surface area contributed by atoms with Gasteiger partial charge in [-0.1, -0.05) is 114 Å². The van der Waals surface area contributed by atoms with E-state index in [4.69, 9.17) is 9.52 Å². The molecule has 130 heavy (non-hydrogen) atoms. The number of amides is 5. The summed E-state index contributed by atoms with van der Waals surface area (Å²) >= 11 is 0. The third-order valence-corrected chi connectivity index (χ3v) is 28.0. The number of ketones is 3. The molecule has 31 nitrogen and oxygen atoms in total. The number of sulfonamides is 1. The van der Waals surface area contributed by atoms with Crippen LogP contribution in [-0.2, 0) is 80.9 Å². The van der Waals surface area contributed by atoms with Gasteiger partial charge in [0.05, 0.1) is 45.8 Å². The molecule has 2 aliphatic rings. The van der Waals surface area contributed by atoms with Gasteiger partial charge in [-0.05, 0) is 164 Å². The van der Waals surface area contributed by atoms with Gasteiger partial charge in [-0.25, -0.2) is 31.9 Å². The zero-order valence-electron chi connectivity index (χ0n) is 73.8. The Bertz CT molecular complexity index is 5530. The third kappa shape index (κ3) is 28.9. The Morgan fingerprint density at radius 1 is 0.554 bits per heavy atom. The maximum Gasteiger partial charge on any atom is 0.737 e. The first-order valence-electron chi connectivity index (χ1n) is 43.9. The number of hydrogen-bond acceptors (Lipinski definition) is 19. The summed E-state index contributed by atoms with van der Waals surface area (Å²) < 4.78 is 110. The minimum atomic E-state index is -5.13. The van der Waals surface area contributed by atoms with Crippen molar-refractivity contribution in [1.82, 2.24) is 35.8 Å². The molecular formula is C92H116BF2N10O21S4+. The van der Waals surface area contributed by atoms with E-state index in [9.17, 15) is 84.7 Å². The molecule has 38 heteroatoms. The Balaban J connectivity index is 0.840. The van der Waals surface area contributed by atoms with Crippen LogP contribution in [0.3, 0.4) is 0 Å². The molecule has 0 fully saturated rings. The Labute approximate surface area is 763 Å². The number of halogens is 2. The summed E-state index contributed by atoms with van der Waals surface area (Å²) in [6, 6.07) is 27.1. The van der Waals surface area contributed by atoms with E-state index in [1.807, 2.05) is 57.3 Å². The number of aryl methyl sites for hydroxylation is 2. The number of Topliss-reactive ketones (excluding diaryl/α,β-unsaturated/α-hetero) is 3. The van der Waals surface area contributed by atoms with Crippen LogP contribution in [0.4, 0.5) is 24.8 Å². The number of aliphatic carboxylic acids is 4. The van der Waals surface area contributed by atoms with E-state index in [2.05, 4.69) is 35.8 Å². The summed E-state index contributed by atoms with van der Waals surface area (Å²) in [6.45, 7) is 9.71. The maximum atomic E-state index is 16.2. The quantitative estimate of drug-likeness (QED) is 0.00421. The molecule has 0 aliphatic carbocycles. The average Bonchev–Trinajstić information content (AvgIpc) is 1.21. The van der Waals surface area contributed by atoms with Crippen LogP contribution < -0.4 is 41.1 Å². The van der Waals surface area contributed by atoms with E-state index in [0.29, 0.717) is 126 Å². The summed E-state index contributed by atoms with van der Waals surface area (Å²) in [6.07, 6.45) is 6.16. The number of carboxylic acids is 4. The number of carbonyl (C=O) groups excluding carboxylic acids is 7. The van der Waals surface area contributed by atoms with Crippen molar-refractivity contribution < 1.29 is 112 Å². The number of nitrogens with one attached hydrogen (secondary N) is 6. The van der Waals surface area contributed by atoms with Crippen molar-refractivity contribution in [3.05, 3.63) is 167 Å². The number of carboxylic acid groups (broad SMARTS) is 4. The third-order valence-electron chi connectivity index (χ3n) is 23.2. The fourth-order valence-electron chi connectivity index (χ4n) is 16.2. The highest BCUT2D eigenvalue weighted by Gasteiger charge is 2.52. The predicted octanol–water partition coefficient (Wildman–Crippen LogP) is 13.1. The van der Waals surface area contributed by atoms with Gasteiger partial charge in [-0.3, -0.25) is 42.9 Å². The molecule has 6 atom stereocenters. The number of allylic oxidation sites excluding steroid dienone is 2. The minimum absolute atomic E-state index is 0.0118. The van der Waals surface area contributed by atoms with Crippen LogP contribution in [0.1, 0.15) is 178 Å². The number of benzene rings is 5. The van der Waals surface area contributed by atoms with E-state index in [0.717, 1.165) is 48.0 Å². The van der Waals surface area contributed by atoms with Gasteiger partial charge in [-0.2, -0.15) is 8.42 Å². The van der Waals surface area contributed by atoms with Gasteiger partial charge in [0.15, 0.2) is 17.3 Å². The highest BCUT2D eigenvalue weighted by molar-refractivity contribution is 8.76. The summed E-state index contributed by atoms with van der Waals surface area (Å²) in [5.41, 5.74) is 6.32. The number of carbonyl (C=O) groups is 11. The normalized spacial score (nSPS) is 14.2. The lowest BCUT2D eigenvalue weighted by Gasteiger charge is -2.30. The zero-order chi connectivity index (χ0) is 94.6. The Hall–Kier alpha value is -11.2. The van der Waals surface area contributed by atoms with Crippen molar-refractivity contribution >= 4 is 159 Å². The van der Waals surface area contributed by atoms with Gasteiger partial charge in [0, 0.05) is 154 Å². The molecular weight excluding hydrogens is 1760 g/mol. The highest BCUT2D eigenvalue weighted by atomic mass is 33.1. The second kappa shape index (κ2) is 48.6. The molecule has 5 amide bonds. The van der Waals surface area contributed by atoms with Crippen molar-refractivity contribution in [2.45, 2.75) is 210 Å². The number of rotatable bonds is 57. The zero-order valence-corrected chi connectivity index (χ0v) is 77.0. The molecule has 5 aromatic carbocycles. The molecule has 0 bridgehead atoms. The molecule has 2 aliphatic heterocycles. The number of hydrogen-bond donors (Lipinski definition) is 11. The van der Waals surface area contributed by atoms with Crippen molar-refractivity contribution in [3.8, 4) is 11.1 Å². The topological polar surface area (TPSA) is 455 Å². The molecule has 4 heterocycles. The lowest BCUT2D eigenvalue weighted by molar-refractivity contribution is -0.362. The first kappa shape index (κ1) is 103. The molecule has 2 unspecified atom stereocenters. The standard InChI is InChI=1S/C92H115BF2N10O21S4/c1-7-102(8-2)66-34-39-71-81(55-66)126-82-56-67(103(9-3)10-4)35-40-72(82)87(71)73-41-38-70(57-83(73)130(123,124)125)129(121,122)97-47-48-127-128-58-64(89(114)115)53-79(107)74(30-23-24-46-96-84(109)44-36-65-32-33-68-54-78-59(5)49-60(6)104(78)93(94,95)105(65)68)99-88(113)63(50-61-25-17-15-18-26-61)52-80(108)77(51-62-27-19-16-20-28-62)98-85(110)31-22-14-12-11-13-21-29-69(106)37-42-75(90(116)117)100-92(120)101-76(91(118)119)43-45-86(111)112/h15-20,25-28,32-35,38-41,49,54-57,63-64,74-77,97H,7-14,21-24,29-31,36-37,42-48,50-53,58H2,1-6H3,(H9-,96,98,99,100,101,109,110,111,112,113,114,115,116,117,118,119,120,123,124,125)/p+1/t63-,64?,74?,75+,76+,77+/m1/s1. The van der Waals surface area contributed by atoms with Crippen molar-refractivity contribution in [3.63, 3.8) is 0 Å². The van der Waals surface area contributed by atoms with Crippen molar-refractivity contribution in [2.75, 3.05) is 60.6 Å². The van der Waals surface area contributed by atoms with Crippen molar-refractivity contribution in [1.29, 1.82) is 0 Å². The van der Waals surface area contributed by atoms with Crippen LogP contribution in [0.25, 0.3) is 39.1 Å². The van der Waals surface area contributed by atoms with E-state index < -0.39 is 158 Å². The molecule has 0 radical (unpaired) electrons. The van der Waals surface area contributed by atoms with Crippen LogP contribution in [-0.4, -0.2) is 203 Å². The number of unbranched alkanes of at least 4 members (excludes halogenated alkanes) is 6. The molecule has 700 valence electrons. The van der Waals surface area contributed by atoms with E-state index in [-0.39, 0.29) is 112 Å². The van der Waals surface area contributed by atoms with Gasteiger partial charge in [-0.15, -0.1) is 0 Å². The molecule has 0 spiro atoms. The SMILES string of the molecule is CCN(CC)c1ccc2c(-c3ccc(S(=O)(=O)NCCSSCC(CC(=O)C(CCCCNC(=O)CCC4=[N+]5C(=Cc6c(C)cc(C)n6[B-]5(F)F)C=C4)NC(=O)[C@@H](CC(=O)[C@H](Cc4ccccc4)NC(=O)CCCCCCCCC(=O)CC[C@H](NC(=O)N[C@@H](CCC(=O)O)C(=O)O)C(=O)O)Cc4ccccc4)C(=O)O)cc3S(=O)(=O)O)c3ccc(N(CC)CC)cc3[o+]c2c1. The summed E-state index contributed by atoms with van der Waals surface area (Å²) in [7, 11) is -7.52. The smallest absolute Gasteiger partial charge is 0.481 e. The van der Waals surface area contributed by atoms with Crippen LogP contribution in [0.5, 0.6) is 0 Å². The van der Waals surface area contributed by atoms with Crippen LogP contribution in [0.15, 0.2) is 153 Å². The molecule has 11 N–H and O–H groups in total. The minimum Gasteiger partial charge on any atom is -0.481 e. The van der Waals surface area contributed by atoms with Gasteiger partial charge < -0.3 is 74.4 Å². The van der Waals surface area contributed by atoms with E-state index in [1.54, 1.807) is 111 Å². The molecule has 9 rings (SSSR count). The van der Waals surface area contributed by atoms with Crippen LogP contribution in [0.2, 0.25) is 0 Å². The number of fused-ring (bicyclic) bond motifs is 4. The van der Waals surface area contributed by atoms with Gasteiger partial charge in [0.1, 0.15) is 28.5 Å². The summed E-state index contributed by atoms with van der Waals surface area (Å²) in [5, 5.41) is 52.4. The fraction of sp³-hybridized carbons (Fsp3) is 0.446. The maximum absolute atomic E-state index is 16.2. The number of urea groups is 1. The van der Waals surface area contributed by atoms with E-state index >= 15 is 13.4 Å². The summed E-state index contributed by atoms with van der Waals surface area (Å²) in [4.78, 5) is 148. The van der Waals surface area contributed by atoms with Gasteiger partial charge in [0.25, 0.3) is 10.1 Å². The fourth-order valence-corrected chi connectivity index (χ4v) is 20.4. The first-order valence-corrected chi connectivity index (χ1v) is 49.3. The first-order chi connectivity index (χ1) is 61.9.